The minimum atomic E-state index is -0.346. The van der Waals surface area contributed by atoms with Crippen molar-refractivity contribution in [3.8, 4) is 17.0 Å². The SMILES string of the molecule is COc1ccc(C)cc1NC(=O)Cn1nc(-c2ccc(N3CCCCC3)cc2)ccc1=O. The van der Waals surface area contributed by atoms with Crippen LogP contribution in [0.2, 0.25) is 0 Å². The average molecular weight is 433 g/mol. The van der Waals surface area contributed by atoms with Gasteiger partial charge in [0.25, 0.3) is 5.56 Å². The molecule has 0 aliphatic carbocycles. The minimum Gasteiger partial charge on any atom is -0.495 e. The number of aromatic nitrogens is 2. The van der Waals surface area contributed by atoms with Crippen LogP contribution in [0.3, 0.4) is 0 Å². The first-order chi connectivity index (χ1) is 15.5. The van der Waals surface area contributed by atoms with Crippen LogP contribution in [-0.4, -0.2) is 35.9 Å². The maximum absolute atomic E-state index is 12.6. The van der Waals surface area contributed by atoms with Gasteiger partial charge in [-0.1, -0.05) is 18.2 Å². The van der Waals surface area contributed by atoms with E-state index in [-0.39, 0.29) is 18.0 Å². The van der Waals surface area contributed by atoms with Gasteiger partial charge in [-0.15, -0.1) is 0 Å². The molecule has 7 nitrogen and oxygen atoms in total. The van der Waals surface area contributed by atoms with E-state index < -0.39 is 0 Å². The zero-order chi connectivity index (χ0) is 22.5. The Morgan fingerprint density at radius 2 is 1.78 bits per heavy atom. The van der Waals surface area contributed by atoms with Crippen molar-refractivity contribution in [3.05, 3.63) is 70.5 Å². The fraction of sp³-hybridized carbons (Fsp3) is 0.320. The number of carbonyl (C=O) groups excluding carboxylic acids is 1. The van der Waals surface area contributed by atoms with Crippen molar-refractivity contribution in [2.75, 3.05) is 30.4 Å². The Balaban J connectivity index is 1.50. The number of nitrogens with one attached hydrogen (secondary N) is 1. The quantitative estimate of drug-likeness (QED) is 0.640. The second kappa shape index (κ2) is 9.68. The molecule has 1 saturated heterocycles. The lowest BCUT2D eigenvalue weighted by Crippen LogP contribution is -2.29. The number of piperidine rings is 1. The van der Waals surface area contributed by atoms with Crippen LogP contribution in [0.25, 0.3) is 11.3 Å². The normalized spacial score (nSPS) is 13.6. The molecule has 0 unspecified atom stereocenters. The van der Waals surface area contributed by atoms with Crippen LogP contribution in [0.4, 0.5) is 11.4 Å². The predicted octanol–water partition coefficient (Wildman–Crippen LogP) is 3.86. The third-order valence-electron chi connectivity index (χ3n) is 5.67. The lowest BCUT2D eigenvalue weighted by molar-refractivity contribution is -0.117. The van der Waals surface area contributed by atoms with Gasteiger partial charge in [-0.05, 0) is 62.1 Å². The summed E-state index contributed by atoms with van der Waals surface area (Å²) in [6.45, 7) is 3.92. The van der Waals surface area contributed by atoms with Crippen molar-refractivity contribution in [3.63, 3.8) is 0 Å². The Labute approximate surface area is 187 Å². The first-order valence-electron chi connectivity index (χ1n) is 10.9. The summed E-state index contributed by atoms with van der Waals surface area (Å²) in [6, 6.07) is 16.9. The number of hydrogen-bond acceptors (Lipinski definition) is 5. The van der Waals surface area contributed by atoms with Crippen molar-refractivity contribution in [1.29, 1.82) is 0 Å². The number of methoxy groups -OCH3 is 1. The van der Waals surface area contributed by atoms with E-state index in [9.17, 15) is 9.59 Å². The van der Waals surface area contributed by atoms with E-state index in [0.717, 1.165) is 24.2 Å². The number of nitrogens with zero attached hydrogens (tertiary/aromatic N) is 3. The third kappa shape index (κ3) is 4.99. The number of hydrogen-bond donors (Lipinski definition) is 1. The largest absolute Gasteiger partial charge is 0.495 e. The molecule has 166 valence electrons. The zero-order valence-electron chi connectivity index (χ0n) is 18.5. The van der Waals surface area contributed by atoms with Crippen LogP contribution < -0.4 is 20.5 Å². The standard InChI is InChI=1S/C25H28N4O3/c1-18-6-12-23(32-2)22(16-18)26-24(30)17-29-25(31)13-11-21(27-29)19-7-9-20(10-8-19)28-14-4-3-5-15-28/h6-13,16H,3-5,14-15,17H2,1-2H3,(H,26,30). The molecule has 7 heteroatoms. The van der Waals surface area contributed by atoms with Crippen LogP contribution in [0.15, 0.2) is 59.4 Å². The smallest absolute Gasteiger partial charge is 0.267 e. The summed E-state index contributed by atoms with van der Waals surface area (Å²) in [5.74, 6) is 0.216. The molecule has 2 aromatic carbocycles. The van der Waals surface area contributed by atoms with E-state index >= 15 is 0 Å². The molecule has 0 bridgehead atoms. The molecule has 2 heterocycles. The number of carbonyl (C=O) groups is 1. The van der Waals surface area contributed by atoms with E-state index in [4.69, 9.17) is 4.74 Å². The highest BCUT2D eigenvalue weighted by Gasteiger charge is 2.13. The van der Waals surface area contributed by atoms with Crippen molar-refractivity contribution in [2.45, 2.75) is 32.7 Å². The third-order valence-corrected chi connectivity index (χ3v) is 5.67. The highest BCUT2D eigenvalue weighted by molar-refractivity contribution is 5.92. The molecule has 1 aliphatic rings. The Morgan fingerprint density at radius 1 is 1.03 bits per heavy atom. The minimum absolute atomic E-state index is 0.185. The molecule has 1 fully saturated rings. The molecule has 1 amide bonds. The van der Waals surface area contributed by atoms with Gasteiger partial charge in [0, 0.05) is 30.4 Å². The van der Waals surface area contributed by atoms with Gasteiger partial charge in [0.2, 0.25) is 5.91 Å². The molecular weight excluding hydrogens is 404 g/mol. The maximum atomic E-state index is 12.6. The molecule has 0 radical (unpaired) electrons. The summed E-state index contributed by atoms with van der Waals surface area (Å²) < 4.78 is 6.49. The molecule has 4 rings (SSSR count). The van der Waals surface area contributed by atoms with E-state index in [0.29, 0.717) is 17.1 Å². The summed E-state index contributed by atoms with van der Waals surface area (Å²) in [6.07, 6.45) is 3.75. The second-order valence-corrected chi connectivity index (χ2v) is 8.06. The molecule has 1 aliphatic heterocycles. The molecule has 1 aromatic heterocycles. The maximum Gasteiger partial charge on any atom is 0.267 e. The van der Waals surface area contributed by atoms with Crippen LogP contribution in [0.1, 0.15) is 24.8 Å². The summed E-state index contributed by atoms with van der Waals surface area (Å²) in [5.41, 5.74) is 3.98. The molecule has 0 saturated carbocycles. The van der Waals surface area contributed by atoms with Crippen molar-refractivity contribution in [1.82, 2.24) is 9.78 Å². The van der Waals surface area contributed by atoms with Gasteiger partial charge in [0.05, 0.1) is 18.5 Å². The molecule has 32 heavy (non-hydrogen) atoms. The molecule has 3 aromatic rings. The first kappa shape index (κ1) is 21.6. The Morgan fingerprint density at radius 3 is 2.50 bits per heavy atom. The number of amides is 1. The fourth-order valence-electron chi connectivity index (χ4n) is 3.96. The Bertz CT molecular complexity index is 1150. The predicted molar refractivity (Wildman–Crippen MR) is 126 cm³/mol. The number of aryl methyl sites for hydroxylation is 1. The van der Waals surface area contributed by atoms with E-state index in [2.05, 4.69) is 27.4 Å². The van der Waals surface area contributed by atoms with Gasteiger partial charge < -0.3 is 15.0 Å². The van der Waals surface area contributed by atoms with E-state index in [1.54, 1.807) is 19.2 Å². The van der Waals surface area contributed by atoms with Crippen LogP contribution in [-0.2, 0) is 11.3 Å². The summed E-state index contributed by atoms with van der Waals surface area (Å²) >= 11 is 0. The van der Waals surface area contributed by atoms with Gasteiger partial charge >= 0.3 is 0 Å². The van der Waals surface area contributed by atoms with Gasteiger partial charge in [-0.3, -0.25) is 9.59 Å². The molecule has 0 spiro atoms. The first-order valence-corrected chi connectivity index (χ1v) is 10.9. The lowest BCUT2D eigenvalue weighted by Gasteiger charge is -2.28. The summed E-state index contributed by atoms with van der Waals surface area (Å²) in [5, 5.41) is 7.24. The van der Waals surface area contributed by atoms with E-state index in [1.807, 2.05) is 31.2 Å². The van der Waals surface area contributed by atoms with Gasteiger partial charge in [-0.25, -0.2) is 4.68 Å². The number of rotatable bonds is 6. The Kier molecular flexibility index (Phi) is 6.54. The van der Waals surface area contributed by atoms with Gasteiger partial charge in [0.15, 0.2) is 0 Å². The van der Waals surface area contributed by atoms with E-state index in [1.165, 1.54) is 35.7 Å². The van der Waals surface area contributed by atoms with Gasteiger partial charge in [-0.2, -0.15) is 5.10 Å². The summed E-state index contributed by atoms with van der Waals surface area (Å²) in [7, 11) is 1.55. The monoisotopic (exact) mass is 432 g/mol. The van der Waals surface area contributed by atoms with Crippen molar-refractivity contribution >= 4 is 17.3 Å². The summed E-state index contributed by atoms with van der Waals surface area (Å²) in [4.78, 5) is 27.3. The number of ether oxygens (including phenoxy) is 1. The van der Waals surface area contributed by atoms with Crippen LogP contribution in [0.5, 0.6) is 5.75 Å². The molecule has 1 N–H and O–H groups in total. The number of benzene rings is 2. The number of anilines is 2. The molecular formula is C25H28N4O3. The van der Waals surface area contributed by atoms with Crippen LogP contribution >= 0.6 is 0 Å². The van der Waals surface area contributed by atoms with Crippen molar-refractivity contribution in [2.24, 2.45) is 0 Å². The average Bonchev–Trinajstić information content (AvgIpc) is 2.81. The Hall–Kier alpha value is -3.61. The second-order valence-electron chi connectivity index (χ2n) is 8.06. The highest BCUT2D eigenvalue weighted by atomic mass is 16.5. The highest BCUT2D eigenvalue weighted by Crippen LogP contribution is 2.26. The van der Waals surface area contributed by atoms with Crippen molar-refractivity contribution < 1.29 is 9.53 Å². The fourth-order valence-corrected chi connectivity index (χ4v) is 3.96. The molecule has 0 atom stereocenters. The topological polar surface area (TPSA) is 76.5 Å². The lowest BCUT2D eigenvalue weighted by atomic mass is 10.1. The van der Waals surface area contributed by atoms with Crippen LogP contribution in [0, 0.1) is 6.92 Å². The van der Waals surface area contributed by atoms with Gasteiger partial charge in [0.1, 0.15) is 12.3 Å². The zero-order valence-corrected chi connectivity index (χ0v) is 18.5.